The van der Waals surface area contributed by atoms with Crippen molar-refractivity contribution in [3.63, 3.8) is 0 Å². The van der Waals surface area contributed by atoms with Gasteiger partial charge in [-0.1, -0.05) is 6.07 Å². The number of carbonyl (C=O) groups is 1. The average Bonchev–Trinajstić information content (AvgIpc) is 2.24. The minimum atomic E-state index is -0.576. The highest BCUT2D eigenvalue weighted by molar-refractivity contribution is 5.74. The molecule has 0 spiro atoms. The second-order valence-electron chi connectivity index (χ2n) is 3.05. The highest BCUT2D eigenvalue weighted by Crippen LogP contribution is 2.17. The first-order chi connectivity index (χ1) is 7.63. The SMILES string of the molecule is COc1ccc(CNOCC(N)=O)cc1F. The number of methoxy groups -OCH3 is 1. The van der Waals surface area contributed by atoms with Crippen LogP contribution in [0.1, 0.15) is 5.56 Å². The standard InChI is InChI=1S/C10H13FN2O3/c1-15-9-3-2-7(4-8(9)11)5-13-16-6-10(12)14/h2-4,13H,5-6H2,1H3,(H2,12,14). The molecule has 0 bridgehead atoms. The van der Waals surface area contributed by atoms with Crippen LogP contribution >= 0.6 is 0 Å². The number of carbonyl (C=O) groups excluding carboxylic acids is 1. The van der Waals surface area contributed by atoms with Crippen LogP contribution in [-0.4, -0.2) is 19.6 Å². The Bertz CT molecular complexity index is 371. The Balaban J connectivity index is 2.43. The molecule has 5 nitrogen and oxygen atoms in total. The van der Waals surface area contributed by atoms with Gasteiger partial charge in [0.15, 0.2) is 11.6 Å². The van der Waals surface area contributed by atoms with Crippen LogP contribution in [0.5, 0.6) is 5.75 Å². The Morgan fingerprint density at radius 2 is 2.31 bits per heavy atom. The van der Waals surface area contributed by atoms with E-state index in [0.29, 0.717) is 5.56 Å². The highest BCUT2D eigenvalue weighted by atomic mass is 19.1. The Labute approximate surface area is 92.3 Å². The molecule has 0 atom stereocenters. The summed E-state index contributed by atoms with van der Waals surface area (Å²) in [6, 6.07) is 4.52. The number of benzene rings is 1. The third kappa shape index (κ3) is 3.84. The van der Waals surface area contributed by atoms with Crippen molar-refractivity contribution in [1.29, 1.82) is 0 Å². The van der Waals surface area contributed by atoms with Crippen LogP contribution in [-0.2, 0) is 16.2 Å². The Morgan fingerprint density at radius 3 is 2.88 bits per heavy atom. The maximum atomic E-state index is 13.2. The summed E-state index contributed by atoms with van der Waals surface area (Å²) in [5.74, 6) is -0.841. The van der Waals surface area contributed by atoms with Crippen molar-refractivity contribution in [2.24, 2.45) is 5.73 Å². The molecule has 1 aromatic rings. The molecule has 0 aliphatic heterocycles. The molecule has 0 unspecified atom stereocenters. The predicted molar refractivity (Wildman–Crippen MR) is 54.9 cm³/mol. The van der Waals surface area contributed by atoms with E-state index in [1.165, 1.54) is 19.2 Å². The third-order valence-electron chi connectivity index (χ3n) is 1.81. The lowest BCUT2D eigenvalue weighted by atomic mass is 10.2. The second kappa shape index (κ2) is 6.04. The van der Waals surface area contributed by atoms with Crippen LogP contribution in [0.3, 0.4) is 0 Å². The van der Waals surface area contributed by atoms with E-state index in [1.54, 1.807) is 6.07 Å². The Kier molecular flexibility index (Phi) is 4.68. The molecule has 0 aliphatic rings. The van der Waals surface area contributed by atoms with Crippen molar-refractivity contribution in [2.45, 2.75) is 6.54 Å². The molecule has 6 heteroatoms. The van der Waals surface area contributed by atoms with Crippen LogP contribution in [0.2, 0.25) is 0 Å². The Morgan fingerprint density at radius 1 is 1.56 bits per heavy atom. The number of rotatable bonds is 6. The fourth-order valence-corrected chi connectivity index (χ4v) is 1.08. The van der Waals surface area contributed by atoms with Crippen LogP contribution in [0.15, 0.2) is 18.2 Å². The summed E-state index contributed by atoms with van der Waals surface area (Å²) in [7, 11) is 1.40. The molecule has 1 aromatic carbocycles. The van der Waals surface area contributed by atoms with Crippen molar-refractivity contribution in [1.82, 2.24) is 5.48 Å². The van der Waals surface area contributed by atoms with Gasteiger partial charge in [0.05, 0.1) is 7.11 Å². The molecule has 16 heavy (non-hydrogen) atoms. The number of amides is 1. The molecule has 0 fully saturated rings. The number of hydroxylamine groups is 1. The molecule has 3 N–H and O–H groups in total. The van der Waals surface area contributed by atoms with Gasteiger partial charge in [-0.3, -0.25) is 9.63 Å². The molecule has 1 amide bonds. The van der Waals surface area contributed by atoms with Crippen molar-refractivity contribution in [3.8, 4) is 5.75 Å². The van der Waals surface area contributed by atoms with Crippen LogP contribution in [0.25, 0.3) is 0 Å². The predicted octanol–water partition coefficient (Wildman–Crippen LogP) is 0.341. The number of ether oxygens (including phenoxy) is 1. The quantitative estimate of drug-likeness (QED) is 0.544. The molecular weight excluding hydrogens is 215 g/mol. The average molecular weight is 228 g/mol. The van der Waals surface area contributed by atoms with Gasteiger partial charge < -0.3 is 10.5 Å². The van der Waals surface area contributed by atoms with Gasteiger partial charge in [0, 0.05) is 6.54 Å². The van der Waals surface area contributed by atoms with Crippen LogP contribution < -0.4 is 16.0 Å². The van der Waals surface area contributed by atoms with E-state index in [1.807, 2.05) is 0 Å². The van der Waals surface area contributed by atoms with E-state index in [2.05, 4.69) is 5.48 Å². The molecule has 88 valence electrons. The maximum absolute atomic E-state index is 13.2. The lowest BCUT2D eigenvalue weighted by molar-refractivity contribution is -0.125. The van der Waals surface area contributed by atoms with Gasteiger partial charge in [0.25, 0.3) is 0 Å². The number of halogens is 1. The van der Waals surface area contributed by atoms with Gasteiger partial charge in [-0.15, -0.1) is 0 Å². The number of nitrogens with one attached hydrogen (secondary N) is 1. The summed E-state index contributed by atoms with van der Waals surface area (Å²) in [6.45, 7) is 0.0484. The lowest BCUT2D eigenvalue weighted by Gasteiger charge is -2.06. The van der Waals surface area contributed by atoms with Crippen LogP contribution in [0.4, 0.5) is 4.39 Å². The number of hydrogen-bond donors (Lipinski definition) is 2. The second-order valence-corrected chi connectivity index (χ2v) is 3.05. The number of hydrogen-bond acceptors (Lipinski definition) is 4. The first-order valence-electron chi connectivity index (χ1n) is 4.59. The van der Waals surface area contributed by atoms with Gasteiger partial charge >= 0.3 is 0 Å². The smallest absolute Gasteiger partial charge is 0.245 e. The van der Waals surface area contributed by atoms with Gasteiger partial charge in [-0.2, -0.15) is 5.48 Å². The first kappa shape index (κ1) is 12.4. The fourth-order valence-electron chi connectivity index (χ4n) is 1.08. The molecule has 0 heterocycles. The topological polar surface area (TPSA) is 73.6 Å². The summed E-state index contributed by atoms with van der Waals surface area (Å²) < 4.78 is 18.0. The normalized spacial score (nSPS) is 10.1. The van der Waals surface area contributed by atoms with E-state index in [9.17, 15) is 9.18 Å². The molecule has 0 saturated heterocycles. The lowest BCUT2D eigenvalue weighted by Crippen LogP contribution is -2.24. The number of primary amides is 1. The third-order valence-corrected chi connectivity index (χ3v) is 1.81. The summed E-state index contributed by atoms with van der Waals surface area (Å²) in [5, 5.41) is 0. The zero-order valence-corrected chi connectivity index (χ0v) is 8.83. The van der Waals surface area contributed by atoms with E-state index >= 15 is 0 Å². The molecule has 0 aromatic heterocycles. The molecule has 0 aliphatic carbocycles. The zero-order valence-electron chi connectivity index (χ0n) is 8.83. The molecule has 0 radical (unpaired) electrons. The fraction of sp³-hybridized carbons (Fsp3) is 0.300. The summed E-state index contributed by atoms with van der Waals surface area (Å²) >= 11 is 0. The van der Waals surface area contributed by atoms with E-state index < -0.39 is 11.7 Å². The monoisotopic (exact) mass is 228 g/mol. The Hall–Kier alpha value is -1.66. The van der Waals surface area contributed by atoms with Crippen molar-refractivity contribution in [2.75, 3.05) is 13.7 Å². The van der Waals surface area contributed by atoms with E-state index in [-0.39, 0.29) is 18.9 Å². The van der Waals surface area contributed by atoms with Gasteiger partial charge in [0.2, 0.25) is 5.91 Å². The van der Waals surface area contributed by atoms with E-state index in [4.69, 9.17) is 15.3 Å². The molecule has 1 rings (SSSR count). The highest BCUT2D eigenvalue weighted by Gasteiger charge is 2.03. The van der Waals surface area contributed by atoms with Gasteiger partial charge in [-0.25, -0.2) is 4.39 Å². The van der Waals surface area contributed by atoms with Crippen molar-refractivity contribution < 1.29 is 18.8 Å². The first-order valence-corrected chi connectivity index (χ1v) is 4.59. The van der Waals surface area contributed by atoms with Crippen molar-refractivity contribution in [3.05, 3.63) is 29.6 Å². The summed E-state index contributed by atoms with van der Waals surface area (Å²) in [6.07, 6.45) is 0. The van der Waals surface area contributed by atoms with Gasteiger partial charge in [-0.05, 0) is 17.7 Å². The van der Waals surface area contributed by atoms with E-state index in [0.717, 1.165) is 0 Å². The largest absolute Gasteiger partial charge is 0.494 e. The molecular formula is C10H13FN2O3. The minimum absolute atomic E-state index is 0.182. The van der Waals surface area contributed by atoms with Gasteiger partial charge in [0.1, 0.15) is 6.61 Å². The summed E-state index contributed by atoms with van der Waals surface area (Å²) in [4.78, 5) is 15.0. The van der Waals surface area contributed by atoms with Crippen LogP contribution in [0, 0.1) is 5.82 Å². The minimum Gasteiger partial charge on any atom is -0.494 e. The summed E-state index contributed by atoms with van der Waals surface area (Å²) in [5.41, 5.74) is 8.01. The van der Waals surface area contributed by atoms with Crippen molar-refractivity contribution >= 4 is 5.91 Å². The maximum Gasteiger partial charge on any atom is 0.245 e. The molecule has 0 saturated carbocycles. The zero-order chi connectivity index (χ0) is 12.0. The number of nitrogens with two attached hydrogens (primary N) is 1.